The van der Waals surface area contributed by atoms with Crippen LogP contribution in [-0.2, 0) is 19.4 Å². The number of β-lactam (4-membered cyclic amide) rings is 1. The summed E-state index contributed by atoms with van der Waals surface area (Å²) in [6.07, 6.45) is -0.0212. The first-order valence-electron chi connectivity index (χ1n) is 6.45. The maximum atomic E-state index is 12.1. The van der Waals surface area contributed by atoms with Crippen LogP contribution < -0.4 is 0 Å². The molecule has 9 nitrogen and oxygen atoms in total. The number of aliphatic hydroxyl groups excluding tert-OH is 1. The number of hydrogen-bond acceptors (Lipinski definition) is 7. The van der Waals surface area contributed by atoms with E-state index in [1.165, 1.54) is 13.0 Å². The molecule has 2 aliphatic heterocycles. The molecule has 4 atom stereocenters. The molecule has 10 heteroatoms. The Hall–Kier alpha value is -2.07. The lowest BCUT2D eigenvalue weighted by Crippen LogP contribution is -2.57. The van der Waals surface area contributed by atoms with Gasteiger partial charge in [0.25, 0.3) is 0 Å². The summed E-state index contributed by atoms with van der Waals surface area (Å²) in [5.41, 5.74) is 0.356. The minimum atomic E-state index is -3.62. The Bertz CT molecular complexity index is 790. The smallest absolute Gasteiger partial charge is 0.332 e. The van der Waals surface area contributed by atoms with Crippen LogP contribution >= 0.6 is 0 Å². The molecule has 118 valence electrons. The van der Waals surface area contributed by atoms with Crippen LogP contribution in [0.2, 0.25) is 0 Å². The standard InChI is InChI=1S/C12H13N3O6S/c1-4(16)7-9-5-3-6(22(2,20)21)13-14-8(5)10(12(18)19)15(9)11(7)17/h3-4,7,9-10,16H,1-2H3,(H,18,19)/t4-,7-,9-,10?/m1/s1. The number of hydrogen-bond donors (Lipinski definition) is 2. The maximum Gasteiger partial charge on any atom is 0.332 e. The molecule has 2 aliphatic rings. The predicted molar refractivity (Wildman–Crippen MR) is 70.3 cm³/mol. The van der Waals surface area contributed by atoms with Crippen molar-refractivity contribution >= 4 is 21.7 Å². The van der Waals surface area contributed by atoms with Crippen molar-refractivity contribution in [2.24, 2.45) is 5.92 Å². The van der Waals surface area contributed by atoms with Crippen molar-refractivity contribution in [3.05, 3.63) is 17.3 Å². The number of carbonyl (C=O) groups is 2. The summed E-state index contributed by atoms with van der Waals surface area (Å²) >= 11 is 0. The third kappa shape index (κ3) is 1.83. The molecule has 1 aromatic rings. The van der Waals surface area contributed by atoms with Crippen molar-refractivity contribution in [3.8, 4) is 0 Å². The fourth-order valence-electron chi connectivity index (χ4n) is 3.03. The molecule has 0 aliphatic carbocycles. The first-order valence-corrected chi connectivity index (χ1v) is 8.34. The van der Waals surface area contributed by atoms with Gasteiger partial charge in [-0.3, -0.25) is 4.79 Å². The molecule has 1 aromatic heterocycles. The van der Waals surface area contributed by atoms with Gasteiger partial charge in [0.1, 0.15) is 5.69 Å². The van der Waals surface area contributed by atoms with Crippen molar-refractivity contribution in [2.75, 3.05) is 6.26 Å². The highest BCUT2D eigenvalue weighted by atomic mass is 32.2. The maximum absolute atomic E-state index is 12.1. The monoisotopic (exact) mass is 327 g/mol. The molecule has 1 unspecified atom stereocenters. The Morgan fingerprint density at radius 3 is 2.55 bits per heavy atom. The van der Waals surface area contributed by atoms with Gasteiger partial charge in [-0.2, -0.15) is 5.10 Å². The molecule has 2 N–H and O–H groups in total. The van der Waals surface area contributed by atoms with Crippen LogP contribution in [0.15, 0.2) is 11.1 Å². The molecule has 0 spiro atoms. The predicted octanol–water partition coefficient (Wildman–Crippen LogP) is -1.10. The van der Waals surface area contributed by atoms with Gasteiger partial charge in [0.05, 0.1) is 18.1 Å². The highest BCUT2D eigenvalue weighted by Gasteiger charge is 2.61. The van der Waals surface area contributed by atoms with Gasteiger partial charge in [-0.15, -0.1) is 5.10 Å². The topological polar surface area (TPSA) is 138 Å². The number of carboxylic acid groups (broad SMARTS) is 1. The highest BCUT2D eigenvalue weighted by molar-refractivity contribution is 7.90. The number of fused-ring (bicyclic) bond motifs is 3. The van der Waals surface area contributed by atoms with Gasteiger partial charge in [0.2, 0.25) is 5.91 Å². The summed E-state index contributed by atoms with van der Waals surface area (Å²) in [6.45, 7) is 1.43. The molecule has 1 saturated heterocycles. The summed E-state index contributed by atoms with van der Waals surface area (Å²) in [5, 5.41) is 26.0. The second-order valence-corrected chi connectivity index (χ2v) is 7.46. The van der Waals surface area contributed by atoms with E-state index in [0.717, 1.165) is 11.2 Å². The van der Waals surface area contributed by atoms with Gasteiger partial charge in [-0.25, -0.2) is 13.2 Å². The quantitative estimate of drug-likeness (QED) is 0.667. The number of aliphatic hydroxyl groups is 1. The van der Waals surface area contributed by atoms with E-state index in [1.807, 2.05) is 0 Å². The van der Waals surface area contributed by atoms with Gasteiger partial charge in [-0.1, -0.05) is 0 Å². The van der Waals surface area contributed by atoms with E-state index in [1.54, 1.807) is 0 Å². The summed E-state index contributed by atoms with van der Waals surface area (Å²) in [6, 6.07) is -0.761. The van der Waals surface area contributed by atoms with Crippen LogP contribution in [0.4, 0.5) is 0 Å². The minimum Gasteiger partial charge on any atom is -0.479 e. The molecule has 0 saturated carbocycles. The number of carbonyl (C=O) groups excluding carboxylic acids is 1. The average Bonchev–Trinajstić information content (AvgIpc) is 2.67. The number of carboxylic acids is 1. The number of rotatable bonds is 3. The van der Waals surface area contributed by atoms with E-state index in [4.69, 9.17) is 0 Å². The van der Waals surface area contributed by atoms with Crippen molar-refractivity contribution in [1.82, 2.24) is 15.1 Å². The van der Waals surface area contributed by atoms with Gasteiger partial charge >= 0.3 is 5.97 Å². The Morgan fingerprint density at radius 1 is 1.41 bits per heavy atom. The van der Waals surface area contributed by atoms with Gasteiger partial charge < -0.3 is 15.1 Å². The van der Waals surface area contributed by atoms with Crippen LogP contribution in [0.3, 0.4) is 0 Å². The molecule has 0 radical (unpaired) electrons. The molecule has 0 aromatic carbocycles. The van der Waals surface area contributed by atoms with E-state index in [9.17, 15) is 28.2 Å². The molecule has 1 amide bonds. The van der Waals surface area contributed by atoms with E-state index in [-0.39, 0.29) is 10.7 Å². The van der Waals surface area contributed by atoms with Crippen molar-refractivity contribution in [3.63, 3.8) is 0 Å². The van der Waals surface area contributed by atoms with E-state index in [2.05, 4.69) is 10.2 Å². The number of aliphatic carboxylic acids is 1. The molecule has 0 bridgehead atoms. The first kappa shape index (κ1) is 14.9. The Balaban J connectivity index is 2.17. The van der Waals surface area contributed by atoms with Crippen LogP contribution in [-0.4, -0.2) is 58.0 Å². The van der Waals surface area contributed by atoms with Gasteiger partial charge in [0.15, 0.2) is 20.9 Å². The van der Waals surface area contributed by atoms with Crippen LogP contribution in [0.25, 0.3) is 0 Å². The Labute approximate surface area is 125 Å². The molecular weight excluding hydrogens is 314 g/mol. The lowest BCUT2D eigenvalue weighted by atomic mass is 9.82. The minimum absolute atomic E-state index is 0.0430. The van der Waals surface area contributed by atoms with Crippen LogP contribution in [0, 0.1) is 5.92 Å². The zero-order chi connectivity index (χ0) is 16.4. The van der Waals surface area contributed by atoms with Crippen molar-refractivity contribution in [1.29, 1.82) is 0 Å². The van der Waals surface area contributed by atoms with Gasteiger partial charge in [-0.05, 0) is 13.0 Å². The summed E-state index contributed by atoms with van der Waals surface area (Å²) < 4.78 is 23.2. The normalized spacial score (nSPS) is 27.9. The third-order valence-electron chi connectivity index (χ3n) is 4.00. The molecular formula is C12H13N3O6S. The van der Waals surface area contributed by atoms with E-state index >= 15 is 0 Å². The summed E-state index contributed by atoms with van der Waals surface area (Å²) in [4.78, 5) is 24.6. The van der Waals surface area contributed by atoms with E-state index < -0.39 is 45.8 Å². The molecule has 1 fully saturated rings. The Morgan fingerprint density at radius 2 is 2.05 bits per heavy atom. The fraction of sp³-hybridized carbons (Fsp3) is 0.500. The lowest BCUT2D eigenvalue weighted by molar-refractivity contribution is -0.174. The summed E-state index contributed by atoms with van der Waals surface area (Å²) in [5.74, 6) is -2.58. The largest absolute Gasteiger partial charge is 0.479 e. The molecule has 3 heterocycles. The van der Waals surface area contributed by atoms with Crippen molar-refractivity contribution in [2.45, 2.75) is 30.1 Å². The second kappa shape index (κ2) is 4.46. The second-order valence-electron chi connectivity index (χ2n) is 5.49. The fourth-order valence-corrected chi connectivity index (χ4v) is 3.56. The number of amides is 1. The van der Waals surface area contributed by atoms with Crippen LogP contribution in [0.5, 0.6) is 0 Å². The molecule has 3 rings (SSSR count). The lowest BCUT2D eigenvalue weighted by Gasteiger charge is -2.45. The van der Waals surface area contributed by atoms with Crippen molar-refractivity contribution < 1.29 is 28.2 Å². The zero-order valence-electron chi connectivity index (χ0n) is 11.7. The van der Waals surface area contributed by atoms with E-state index in [0.29, 0.717) is 5.56 Å². The first-order chi connectivity index (χ1) is 10.1. The molecule has 22 heavy (non-hydrogen) atoms. The average molecular weight is 327 g/mol. The third-order valence-corrected chi connectivity index (χ3v) is 4.96. The van der Waals surface area contributed by atoms with Crippen LogP contribution in [0.1, 0.15) is 30.3 Å². The van der Waals surface area contributed by atoms with Gasteiger partial charge in [0, 0.05) is 11.8 Å². The Kier molecular flexibility index (Phi) is 3.01. The number of nitrogens with zero attached hydrogens (tertiary/aromatic N) is 3. The number of aromatic nitrogens is 2. The highest BCUT2D eigenvalue weighted by Crippen LogP contribution is 2.53. The number of sulfone groups is 1. The summed E-state index contributed by atoms with van der Waals surface area (Å²) in [7, 11) is -3.62. The SMILES string of the molecule is C[C@@H](O)[C@H]1C(=O)N2C(C(=O)O)c3nnc(S(C)(=O)=O)cc3[C@H]12. The zero-order valence-corrected chi connectivity index (χ0v) is 12.5.